The average Bonchev–Trinajstić information content (AvgIpc) is 2.53. The standard InChI is InChI=1S/C18H24BrNO/c19-17-8-4-3-7-16(17)12-20-18(21)15-10-9-13-5-1-2-6-14(13)11-15/h3-4,7-8,13-15H,1-2,5-6,9-12H2,(H,20,21). The first kappa shape index (κ1) is 15.1. The number of amides is 1. The number of nitrogens with one attached hydrogen (secondary N) is 1. The maximum Gasteiger partial charge on any atom is 0.223 e. The van der Waals surface area contributed by atoms with Crippen molar-refractivity contribution in [3.63, 3.8) is 0 Å². The summed E-state index contributed by atoms with van der Waals surface area (Å²) in [5.74, 6) is 2.22. The molecule has 21 heavy (non-hydrogen) atoms. The molecule has 2 aliphatic rings. The minimum atomic E-state index is 0.242. The predicted molar refractivity (Wildman–Crippen MR) is 88.8 cm³/mol. The number of benzene rings is 1. The Morgan fingerprint density at radius 1 is 1.10 bits per heavy atom. The molecule has 1 amide bonds. The van der Waals surface area contributed by atoms with Gasteiger partial charge in [-0.3, -0.25) is 4.79 Å². The number of hydrogen-bond donors (Lipinski definition) is 1. The molecular weight excluding hydrogens is 326 g/mol. The molecule has 0 saturated heterocycles. The van der Waals surface area contributed by atoms with Gasteiger partial charge in [-0.2, -0.15) is 0 Å². The summed E-state index contributed by atoms with van der Waals surface area (Å²) in [4.78, 5) is 12.4. The highest BCUT2D eigenvalue weighted by molar-refractivity contribution is 9.10. The van der Waals surface area contributed by atoms with Crippen LogP contribution in [0.4, 0.5) is 0 Å². The van der Waals surface area contributed by atoms with Crippen molar-refractivity contribution >= 4 is 21.8 Å². The normalized spacial score (nSPS) is 28.7. The first-order valence-electron chi connectivity index (χ1n) is 8.25. The molecule has 0 heterocycles. The summed E-state index contributed by atoms with van der Waals surface area (Å²) in [7, 11) is 0. The van der Waals surface area contributed by atoms with Gasteiger partial charge >= 0.3 is 0 Å². The van der Waals surface area contributed by atoms with Gasteiger partial charge in [0, 0.05) is 16.9 Å². The molecule has 3 heteroatoms. The molecule has 3 unspecified atom stereocenters. The van der Waals surface area contributed by atoms with Crippen LogP contribution in [0.5, 0.6) is 0 Å². The van der Waals surface area contributed by atoms with Crippen LogP contribution in [0.3, 0.4) is 0 Å². The lowest BCUT2D eigenvalue weighted by molar-refractivity contribution is -0.127. The summed E-state index contributed by atoms with van der Waals surface area (Å²) in [6.07, 6.45) is 8.98. The molecule has 3 rings (SSSR count). The van der Waals surface area contributed by atoms with E-state index in [9.17, 15) is 4.79 Å². The van der Waals surface area contributed by atoms with E-state index in [0.29, 0.717) is 6.54 Å². The molecule has 2 saturated carbocycles. The second-order valence-electron chi connectivity index (χ2n) is 6.62. The van der Waals surface area contributed by atoms with Crippen molar-refractivity contribution in [3.8, 4) is 0 Å². The van der Waals surface area contributed by atoms with E-state index in [4.69, 9.17) is 0 Å². The maximum absolute atomic E-state index is 12.4. The quantitative estimate of drug-likeness (QED) is 0.843. The molecule has 0 radical (unpaired) electrons. The summed E-state index contributed by atoms with van der Waals surface area (Å²) in [6.45, 7) is 0.630. The molecule has 1 aromatic carbocycles. The van der Waals surface area contributed by atoms with Gasteiger partial charge < -0.3 is 5.32 Å². The van der Waals surface area contributed by atoms with Crippen LogP contribution >= 0.6 is 15.9 Å². The Hall–Kier alpha value is -0.830. The fraction of sp³-hybridized carbons (Fsp3) is 0.611. The zero-order valence-electron chi connectivity index (χ0n) is 12.5. The van der Waals surface area contributed by atoms with Crippen molar-refractivity contribution in [1.82, 2.24) is 5.32 Å². The van der Waals surface area contributed by atoms with E-state index in [1.54, 1.807) is 0 Å². The minimum Gasteiger partial charge on any atom is -0.352 e. The van der Waals surface area contributed by atoms with Crippen LogP contribution in [0, 0.1) is 17.8 Å². The number of fused-ring (bicyclic) bond motifs is 1. The fourth-order valence-electron chi connectivity index (χ4n) is 4.08. The van der Waals surface area contributed by atoms with Gasteiger partial charge in [0.25, 0.3) is 0 Å². The Labute approximate surface area is 135 Å². The van der Waals surface area contributed by atoms with Gasteiger partial charge in [0.05, 0.1) is 0 Å². The molecule has 2 fully saturated rings. The average molecular weight is 350 g/mol. The number of carbonyl (C=O) groups excluding carboxylic acids is 1. The Balaban J connectivity index is 1.53. The Morgan fingerprint density at radius 2 is 1.86 bits per heavy atom. The van der Waals surface area contributed by atoms with Gasteiger partial charge in [-0.1, -0.05) is 59.8 Å². The van der Waals surface area contributed by atoms with E-state index < -0.39 is 0 Å². The second-order valence-corrected chi connectivity index (χ2v) is 7.48. The lowest BCUT2D eigenvalue weighted by Gasteiger charge is -2.38. The van der Waals surface area contributed by atoms with Gasteiger partial charge in [-0.25, -0.2) is 0 Å². The monoisotopic (exact) mass is 349 g/mol. The van der Waals surface area contributed by atoms with Crippen LogP contribution in [-0.4, -0.2) is 5.91 Å². The van der Waals surface area contributed by atoms with Gasteiger partial charge in [0.1, 0.15) is 0 Å². The first-order chi connectivity index (χ1) is 10.2. The third-order valence-electron chi connectivity index (χ3n) is 5.32. The zero-order chi connectivity index (χ0) is 14.7. The van der Waals surface area contributed by atoms with Crippen LogP contribution in [0.1, 0.15) is 50.5 Å². The van der Waals surface area contributed by atoms with Crippen LogP contribution in [0.2, 0.25) is 0 Å². The zero-order valence-corrected chi connectivity index (χ0v) is 14.1. The third-order valence-corrected chi connectivity index (χ3v) is 6.10. The van der Waals surface area contributed by atoms with Crippen LogP contribution in [0.25, 0.3) is 0 Å². The first-order valence-corrected chi connectivity index (χ1v) is 9.04. The largest absolute Gasteiger partial charge is 0.352 e. The van der Waals surface area contributed by atoms with E-state index >= 15 is 0 Å². The van der Waals surface area contributed by atoms with Crippen LogP contribution in [0.15, 0.2) is 28.7 Å². The molecular formula is C18H24BrNO. The van der Waals surface area contributed by atoms with Crippen molar-refractivity contribution in [2.75, 3.05) is 0 Å². The smallest absolute Gasteiger partial charge is 0.223 e. The number of halogens is 1. The lowest BCUT2D eigenvalue weighted by Crippen LogP contribution is -2.37. The summed E-state index contributed by atoms with van der Waals surface area (Å²) in [6, 6.07) is 8.09. The van der Waals surface area contributed by atoms with Gasteiger partial charge in [-0.15, -0.1) is 0 Å². The molecule has 0 aromatic heterocycles. The van der Waals surface area contributed by atoms with Crippen LogP contribution in [-0.2, 0) is 11.3 Å². The molecule has 1 aromatic rings. The SMILES string of the molecule is O=C(NCc1ccccc1Br)C1CCC2CCCCC2C1. The van der Waals surface area contributed by atoms with Crippen molar-refractivity contribution < 1.29 is 4.79 Å². The molecule has 0 bridgehead atoms. The third kappa shape index (κ3) is 3.68. The molecule has 2 aliphatic carbocycles. The molecule has 0 spiro atoms. The van der Waals surface area contributed by atoms with Gasteiger partial charge in [-0.05, 0) is 42.7 Å². The number of carbonyl (C=O) groups is 1. The lowest BCUT2D eigenvalue weighted by atomic mass is 9.67. The highest BCUT2D eigenvalue weighted by Gasteiger charge is 2.34. The van der Waals surface area contributed by atoms with Crippen molar-refractivity contribution in [1.29, 1.82) is 0 Å². The Kier molecular flexibility index (Phi) is 4.99. The minimum absolute atomic E-state index is 0.242. The molecule has 2 nitrogen and oxygen atoms in total. The fourth-order valence-corrected chi connectivity index (χ4v) is 4.50. The summed E-state index contributed by atoms with van der Waals surface area (Å²) < 4.78 is 1.07. The van der Waals surface area contributed by atoms with E-state index in [1.807, 2.05) is 18.2 Å². The van der Waals surface area contributed by atoms with Gasteiger partial charge in [0.2, 0.25) is 5.91 Å². The van der Waals surface area contributed by atoms with Crippen molar-refractivity contribution in [2.24, 2.45) is 17.8 Å². The number of rotatable bonds is 3. The van der Waals surface area contributed by atoms with E-state index in [0.717, 1.165) is 34.7 Å². The Bertz CT molecular complexity index is 502. The molecule has 114 valence electrons. The molecule has 0 aliphatic heterocycles. The maximum atomic E-state index is 12.4. The predicted octanol–water partition coefficient (Wildman–Crippen LogP) is 4.67. The van der Waals surface area contributed by atoms with E-state index in [1.165, 1.54) is 32.1 Å². The summed E-state index contributed by atoms with van der Waals surface area (Å²) >= 11 is 3.54. The second kappa shape index (κ2) is 6.95. The summed E-state index contributed by atoms with van der Waals surface area (Å²) in [5.41, 5.74) is 1.15. The van der Waals surface area contributed by atoms with Crippen LogP contribution < -0.4 is 5.32 Å². The number of hydrogen-bond acceptors (Lipinski definition) is 1. The molecule has 3 atom stereocenters. The Morgan fingerprint density at radius 3 is 2.67 bits per heavy atom. The molecule has 1 N–H and O–H groups in total. The van der Waals surface area contributed by atoms with Crippen molar-refractivity contribution in [3.05, 3.63) is 34.3 Å². The van der Waals surface area contributed by atoms with E-state index in [-0.39, 0.29) is 11.8 Å². The summed E-state index contributed by atoms with van der Waals surface area (Å²) in [5, 5.41) is 3.14. The van der Waals surface area contributed by atoms with Crippen molar-refractivity contribution in [2.45, 2.75) is 51.5 Å². The highest BCUT2D eigenvalue weighted by Crippen LogP contribution is 2.42. The topological polar surface area (TPSA) is 29.1 Å². The van der Waals surface area contributed by atoms with E-state index in [2.05, 4.69) is 27.3 Å². The highest BCUT2D eigenvalue weighted by atomic mass is 79.9. The van der Waals surface area contributed by atoms with Gasteiger partial charge in [0.15, 0.2) is 0 Å².